The lowest BCUT2D eigenvalue weighted by Crippen LogP contribution is -2.32. The van der Waals surface area contributed by atoms with Crippen molar-refractivity contribution < 1.29 is 9.59 Å². The van der Waals surface area contributed by atoms with Gasteiger partial charge < -0.3 is 10.2 Å². The first kappa shape index (κ1) is 14.3. The molecule has 1 aromatic heterocycles. The Balaban J connectivity index is 2.76. The molecule has 18 heavy (non-hydrogen) atoms. The van der Waals surface area contributed by atoms with Gasteiger partial charge in [-0.3, -0.25) is 14.6 Å². The summed E-state index contributed by atoms with van der Waals surface area (Å²) >= 11 is 0. The third-order valence-corrected chi connectivity index (χ3v) is 2.48. The normalized spacial score (nSPS) is 10.4. The number of nitrogens with one attached hydrogen (secondary N) is 1. The summed E-state index contributed by atoms with van der Waals surface area (Å²) in [6.07, 6.45) is 1.87. The van der Waals surface area contributed by atoms with Gasteiger partial charge in [-0.05, 0) is 26.2 Å². The molecule has 0 saturated heterocycles. The van der Waals surface area contributed by atoms with Crippen molar-refractivity contribution in [1.82, 2.24) is 15.2 Å². The van der Waals surface area contributed by atoms with Crippen LogP contribution in [0.3, 0.4) is 0 Å². The Morgan fingerprint density at radius 1 is 1.39 bits per heavy atom. The van der Waals surface area contributed by atoms with Crippen molar-refractivity contribution in [3.8, 4) is 0 Å². The van der Waals surface area contributed by atoms with Gasteiger partial charge in [-0.1, -0.05) is 6.92 Å². The van der Waals surface area contributed by atoms with Gasteiger partial charge in [-0.15, -0.1) is 0 Å². The summed E-state index contributed by atoms with van der Waals surface area (Å²) in [5, 5.41) is 2.78. The minimum absolute atomic E-state index is 0.117. The molecule has 1 heterocycles. The maximum Gasteiger partial charge on any atom is 0.253 e. The molecule has 0 saturated carbocycles. The van der Waals surface area contributed by atoms with Gasteiger partial charge in [-0.25, -0.2) is 0 Å². The summed E-state index contributed by atoms with van der Waals surface area (Å²) in [6.45, 7) is 3.05. The van der Waals surface area contributed by atoms with Crippen LogP contribution in [-0.2, 0) is 0 Å². The number of pyridine rings is 1. The van der Waals surface area contributed by atoms with E-state index < -0.39 is 0 Å². The predicted octanol–water partition coefficient (Wildman–Crippen LogP) is 0.966. The van der Waals surface area contributed by atoms with Crippen LogP contribution in [0, 0.1) is 0 Å². The third-order valence-electron chi connectivity index (χ3n) is 2.48. The first-order valence-corrected chi connectivity index (χ1v) is 5.97. The quantitative estimate of drug-likeness (QED) is 0.763. The molecule has 1 amide bonds. The Labute approximate surface area is 107 Å². The number of nitrogens with zero attached hydrogens (tertiary/aromatic N) is 2. The monoisotopic (exact) mass is 249 g/mol. The van der Waals surface area contributed by atoms with Crippen molar-refractivity contribution in [3.05, 3.63) is 29.6 Å². The zero-order chi connectivity index (χ0) is 13.5. The lowest BCUT2D eigenvalue weighted by molar-refractivity contribution is 0.0928. The highest BCUT2D eigenvalue weighted by Gasteiger charge is 2.16. The van der Waals surface area contributed by atoms with Crippen LogP contribution in [0.5, 0.6) is 0 Å². The molecule has 1 rings (SSSR count). The Hall–Kier alpha value is -1.75. The Kier molecular flexibility index (Phi) is 5.45. The molecular weight excluding hydrogens is 230 g/mol. The van der Waals surface area contributed by atoms with Gasteiger partial charge >= 0.3 is 0 Å². The number of aromatic nitrogens is 1. The highest BCUT2D eigenvalue weighted by molar-refractivity contribution is 6.06. The molecule has 5 heteroatoms. The highest BCUT2D eigenvalue weighted by atomic mass is 16.2. The van der Waals surface area contributed by atoms with Gasteiger partial charge in [-0.2, -0.15) is 0 Å². The van der Waals surface area contributed by atoms with Crippen LogP contribution < -0.4 is 5.32 Å². The average molecular weight is 249 g/mol. The molecule has 1 N–H and O–H groups in total. The molecule has 0 unspecified atom stereocenters. The summed E-state index contributed by atoms with van der Waals surface area (Å²) in [7, 11) is 3.87. The van der Waals surface area contributed by atoms with E-state index in [0.717, 1.165) is 6.54 Å². The van der Waals surface area contributed by atoms with E-state index in [-0.39, 0.29) is 17.4 Å². The SMILES string of the molecule is CCC(=O)c1ncccc1C(=O)NCCN(C)C. The van der Waals surface area contributed by atoms with Crippen LogP contribution in [0.1, 0.15) is 34.2 Å². The van der Waals surface area contributed by atoms with E-state index in [2.05, 4.69) is 10.3 Å². The van der Waals surface area contributed by atoms with Crippen molar-refractivity contribution in [2.75, 3.05) is 27.2 Å². The van der Waals surface area contributed by atoms with Crippen molar-refractivity contribution in [2.24, 2.45) is 0 Å². The smallest absolute Gasteiger partial charge is 0.253 e. The van der Waals surface area contributed by atoms with E-state index in [1.54, 1.807) is 19.1 Å². The second kappa shape index (κ2) is 6.86. The van der Waals surface area contributed by atoms with Crippen LogP contribution in [0.2, 0.25) is 0 Å². The summed E-state index contributed by atoms with van der Waals surface area (Å²) in [6, 6.07) is 3.29. The molecule has 0 bridgehead atoms. The fraction of sp³-hybridized carbons (Fsp3) is 0.462. The number of rotatable bonds is 6. The molecule has 0 aliphatic heterocycles. The number of amides is 1. The van der Waals surface area contributed by atoms with Crippen LogP contribution in [0.4, 0.5) is 0 Å². The van der Waals surface area contributed by atoms with Crippen molar-refractivity contribution in [3.63, 3.8) is 0 Å². The first-order chi connectivity index (χ1) is 8.56. The molecular formula is C13H19N3O2. The summed E-state index contributed by atoms with van der Waals surface area (Å²) in [5.41, 5.74) is 0.602. The molecule has 0 radical (unpaired) electrons. The maximum atomic E-state index is 11.9. The lowest BCUT2D eigenvalue weighted by atomic mass is 10.1. The largest absolute Gasteiger partial charge is 0.351 e. The fourth-order valence-electron chi connectivity index (χ4n) is 1.47. The molecule has 98 valence electrons. The highest BCUT2D eigenvalue weighted by Crippen LogP contribution is 2.07. The van der Waals surface area contributed by atoms with E-state index in [9.17, 15) is 9.59 Å². The van der Waals surface area contributed by atoms with Crippen molar-refractivity contribution >= 4 is 11.7 Å². The molecule has 0 aliphatic carbocycles. The second-order valence-corrected chi connectivity index (χ2v) is 4.24. The van der Waals surface area contributed by atoms with E-state index in [4.69, 9.17) is 0 Å². The summed E-state index contributed by atoms with van der Waals surface area (Å²) < 4.78 is 0. The first-order valence-electron chi connectivity index (χ1n) is 5.97. The number of carbonyl (C=O) groups is 2. The lowest BCUT2D eigenvalue weighted by Gasteiger charge is -2.11. The van der Waals surface area contributed by atoms with Crippen LogP contribution in [0.25, 0.3) is 0 Å². The van der Waals surface area contributed by atoms with Crippen LogP contribution >= 0.6 is 0 Å². The molecule has 0 spiro atoms. The number of carbonyl (C=O) groups excluding carboxylic acids is 2. The molecule has 0 atom stereocenters. The number of hydrogen-bond acceptors (Lipinski definition) is 4. The number of ketones is 1. The average Bonchev–Trinajstić information content (AvgIpc) is 2.37. The van der Waals surface area contributed by atoms with Gasteiger partial charge in [0, 0.05) is 25.7 Å². The predicted molar refractivity (Wildman–Crippen MR) is 69.7 cm³/mol. The van der Waals surface area contributed by atoms with Gasteiger partial charge in [0.2, 0.25) is 0 Å². The minimum Gasteiger partial charge on any atom is -0.351 e. The van der Waals surface area contributed by atoms with E-state index in [1.165, 1.54) is 6.20 Å². The van der Waals surface area contributed by atoms with Crippen LogP contribution in [0.15, 0.2) is 18.3 Å². The fourth-order valence-corrected chi connectivity index (χ4v) is 1.47. The van der Waals surface area contributed by atoms with Gasteiger partial charge in [0.1, 0.15) is 5.69 Å². The van der Waals surface area contributed by atoms with E-state index in [0.29, 0.717) is 18.5 Å². The number of Topliss-reactive ketones (excluding diaryl/α,β-unsaturated/α-hetero) is 1. The Morgan fingerprint density at radius 2 is 2.11 bits per heavy atom. The van der Waals surface area contributed by atoms with Crippen LogP contribution in [-0.4, -0.2) is 48.8 Å². The van der Waals surface area contributed by atoms with E-state index >= 15 is 0 Å². The van der Waals surface area contributed by atoms with Crippen molar-refractivity contribution in [2.45, 2.75) is 13.3 Å². The van der Waals surface area contributed by atoms with Gasteiger partial charge in [0.15, 0.2) is 5.78 Å². The third kappa shape index (κ3) is 3.92. The molecule has 1 aromatic rings. The summed E-state index contributed by atoms with van der Waals surface area (Å²) in [4.78, 5) is 29.6. The topological polar surface area (TPSA) is 62.3 Å². The van der Waals surface area contributed by atoms with Gasteiger partial charge in [0.25, 0.3) is 5.91 Å². The Morgan fingerprint density at radius 3 is 2.72 bits per heavy atom. The number of hydrogen-bond donors (Lipinski definition) is 1. The van der Waals surface area contributed by atoms with Gasteiger partial charge in [0.05, 0.1) is 5.56 Å². The number of likely N-dealkylation sites (N-methyl/N-ethyl adjacent to an activating group) is 1. The zero-order valence-electron chi connectivity index (χ0n) is 11.1. The Bertz CT molecular complexity index is 430. The molecule has 0 aromatic carbocycles. The zero-order valence-corrected chi connectivity index (χ0v) is 11.1. The summed E-state index contributed by atoms with van der Waals surface area (Å²) in [5.74, 6) is -0.366. The second-order valence-electron chi connectivity index (χ2n) is 4.24. The maximum absolute atomic E-state index is 11.9. The van der Waals surface area contributed by atoms with Crippen molar-refractivity contribution in [1.29, 1.82) is 0 Å². The minimum atomic E-state index is -0.248. The molecule has 0 fully saturated rings. The van der Waals surface area contributed by atoms with E-state index in [1.807, 2.05) is 19.0 Å². The molecule has 0 aliphatic rings. The standard InChI is InChI=1S/C13H19N3O2/c1-4-11(17)12-10(6-5-7-14-12)13(18)15-8-9-16(2)3/h5-7H,4,8-9H2,1-3H3,(H,15,18). The molecule has 5 nitrogen and oxygen atoms in total.